The number of nitrogens with one attached hydrogen (secondary N) is 1. The second kappa shape index (κ2) is 14.8. The first-order valence-corrected chi connectivity index (χ1v) is 12.8. The summed E-state index contributed by atoms with van der Waals surface area (Å²) in [6.45, 7) is 0.269. The normalized spacial score (nSPS) is 13.3. The van der Waals surface area contributed by atoms with Gasteiger partial charge >= 0.3 is 36.1 Å². The van der Waals surface area contributed by atoms with Crippen LogP contribution in [0.2, 0.25) is 0 Å². The van der Waals surface area contributed by atoms with Gasteiger partial charge in [0.15, 0.2) is 6.10 Å². The van der Waals surface area contributed by atoms with Crippen molar-refractivity contribution in [2.45, 2.75) is 50.5 Å². The molecule has 0 aliphatic heterocycles. The quantitative estimate of drug-likeness (QED) is 0.205. The van der Waals surface area contributed by atoms with E-state index in [2.05, 4.69) is 10.1 Å². The van der Waals surface area contributed by atoms with E-state index >= 15 is 0 Å². The van der Waals surface area contributed by atoms with Gasteiger partial charge in [-0.3, -0.25) is 0 Å². The second-order valence-electron chi connectivity index (χ2n) is 9.28. The maximum atomic E-state index is 13.8. The summed E-state index contributed by atoms with van der Waals surface area (Å²) in [5.41, 5.74) is 1.54. The maximum Gasteiger partial charge on any atom is 0.460 e. The first-order valence-electron chi connectivity index (χ1n) is 12.8. The Morgan fingerprint density at radius 1 is 0.909 bits per heavy atom. The fourth-order valence-corrected chi connectivity index (χ4v) is 3.60. The van der Waals surface area contributed by atoms with E-state index < -0.39 is 61.9 Å². The molecule has 0 spiro atoms. The number of alkyl halides is 9. The highest BCUT2D eigenvalue weighted by molar-refractivity contribution is 5.89. The smallest absolute Gasteiger partial charge is 0.460 e. The predicted molar refractivity (Wildman–Crippen MR) is 137 cm³/mol. The van der Waals surface area contributed by atoms with Gasteiger partial charge in [0, 0.05) is 25.3 Å². The van der Waals surface area contributed by atoms with Crippen molar-refractivity contribution in [1.82, 2.24) is 4.90 Å². The summed E-state index contributed by atoms with van der Waals surface area (Å²) >= 11 is 0. The Hall–Kier alpha value is -3.73. The van der Waals surface area contributed by atoms with Gasteiger partial charge in [-0.15, -0.1) is 0 Å². The van der Waals surface area contributed by atoms with Gasteiger partial charge in [-0.2, -0.15) is 39.5 Å². The zero-order chi connectivity index (χ0) is 33.3. The van der Waals surface area contributed by atoms with Gasteiger partial charge in [-0.25, -0.2) is 9.59 Å². The lowest BCUT2D eigenvalue weighted by molar-refractivity contribution is -0.443. The van der Waals surface area contributed by atoms with Crippen molar-refractivity contribution in [3.63, 3.8) is 0 Å². The predicted octanol–water partition coefficient (Wildman–Crippen LogP) is 6.38. The summed E-state index contributed by atoms with van der Waals surface area (Å²) in [6.07, 6.45) is -14.3. The van der Waals surface area contributed by atoms with Crippen LogP contribution in [0.4, 0.5) is 50.0 Å². The molecule has 2 rings (SSSR count). The molecule has 0 aliphatic rings. The van der Waals surface area contributed by atoms with E-state index in [-0.39, 0.29) is 31.1 Å². The third-order valence-corrected chi connectivity index (χ3v) is 5.93. The van der Waals surface area contributed by atoms with Gasteiger partial charge in [0.1, 0.15) is 12.4 Å². The zero-order valence-corrected chi connectivity index (χ0v) is 23.3. The minimum absolute atomic E-state index is 0.0505. The van der Waals surface area contributed by atoms with Gasteiger partial charge in [-0.05, 0) is 49.2 Å². The van der Waals surface area contributed by atoms with Crippen molar-refractivity contribution >= 4 is 17.7 Å². The number of halogens is 9. The number of hydrogen-bond donors (Lipinski definition) is 2. The van der Waals surface area contributed by atoms with Crippen molar-refractivity contribution in [3.8, 4) is 5.75 Å². The number of amides is 2. The van der Waals surface area contributed by atoms with E-state index in [1.165, 1.54) is 24.3 Å². The van der Waals surface area contributed by atoms with Gasteiger partial charge in [-0.1, -0.05) is 24.3 Å². The number of carbonyl (C=O) groups is 2. The van der Waals surface area contributed by atoms with Crippen LogP contribution in [0, 0.1) is 6.92 Å². The maximum absolute atomic E-state index is 13.8. The summed E-state index contributed by atoms with van der Waals surface area (Å²) in [5, 5.41) is 11.6. The molecule has 2 aromatic rings. The third kappa shape index (κ3) is 9.38. The topological polar surface area (TPSA) is 97.3 Å². The summed E-state index contributed by atoms with van der Waals surface area (Å²) < 4.78 is 132. The van der Waals surface area contributed by atoms with Crippen LogP contribution in [-0.4, -0.2) is 85.2 Å². The highest BCUT2D eigenvalue weighted by Crippen LogP contribution is 2.53. The van der Waals surface area contributed by atoms with Crippen LogP contribution in [0.3, 0.4) is 0 Å². The second-order valence-corrected chi connectivity index (χ2v) is 9.28. The van der Waals surface area contributed by atoms with Crippen LogP contribution in [0.15, 0.2) is 48.5 Å². The Morgan fingerprint density at radius 2 is 1.52 bits per heavy atom. The number of benzene rings is 2. The molecular weight excluding hydrogens is 619 g/mol. The van der Waals surface area contributed by atoms with Gasteiger partial charge in [0.2, 0.25) is 0 Å². The van der Waals surface area contributed by atoms with Crippen LogP contribution < -0.4 is 10.1 Å². The number of urea groups is 1. The molecule has 17 heteroatoms. The molecule has 8 nitrogen and oxygen atoms in total. The van der Waals surface area contributed by atoms with Gasteiger partial charge < -0.3 is 29.5 Å². The van der Waals surface area contributed by atoms with Crippen molar-refractivity contribution in [1.29, 1.82) is 0 Å². The number of carboxylic acid groups (broad SMARTS) is 1. The lowest BCUT2D eigenvalue weighted by Crippen LogP contribution is -2.62. The summed E-state index contributed by atoms with van der Waals surface area (Å²) in [4.78, 5) is 24.8. The molecule has 2 aromatic carbocycles. The van der Waals surface area contributed by atoms with Crippen LogP contribution in [-0.2, 0) is 20.7 Å². The monoisotopic (exact) mass is 648 g/mol. The molecule has 0 aromatic heterocycles. The lowest BCUT2D eigenvalue weighted by atomic mass is 10.1. The molecule has 0 saturated heterocycles. The molecule has 0 aliphatic carbocycles. The third-order valence-electron chi connectivity index (χ3n) is 5.93. The number of hydrogen-bond acceptors (Lipinski definition) is 5. The van der Waals surface area contributed by atoms with Crippen molar-refractivity contribution in [2.24, 2.45) is 0 Å². The van der Waals surface area contributed by atoms with E-state index in [1.54, 1.807) is 38.1 Å². The SMILES string of the molecule is CCOC(Cc1ccc(OCCN(CCOC(F)(F)C(F)(F)C(F)(F)C(F)(F)F)C(=O)Nc2cccc(C)c2)cc1)C(=O)O. The molecular formula is C27H29F9N2O6. The summed E-state index contributed by atoms with van der Waals surface area (Å²) in [5.74, 6) is -15.0. The average Bonchev–Trinajstić information content (AvgIpc) is 2.91. The number of aliphatic carboxylic acids is 1. The molecule has 0 radical (unpaired) electrons. The first kappa shape index (κ1) is 36.5. The summed E-state index contributed by atoms with van der Waals surface area (Å²) in [7, 11) is 0. The molecule has 1 unspecified atom stereocenters. The number of ether oxygens (including phenoxy) is 3. The molecule has 246 valence electrons. The number of anilines is 1. The largest absolute Gasteiger partial charge is 0.492 e. The highest BCUT2D eigenvalue weighted by atomic mass is 19.4. The van der Waals surface area contributed by atoms with Crippen molar-refractivity contribution in [2.75, 3.05) is 38.2 Å². The van der Waals surface area contributed by atoms with E-state index in [9.17, 15) is 54.2 Å². The molecule has 0 saturated carbocycles. The van der Waals surface area contributed by atoms with E-state index in [4.69, 9.17) is 9.47 Å². The Labute approximate surface area is 245 Å². The molecule has 2 N–H and O–H groups in total. The molecule has 0 bridgehead atoms. The highest BCUT2D eigenvalue weighted by Gasteiger charge is 2.82. The lowest BCUT2D eigenvalue weighted by Gasteiger charge is -2.33. The Bertz CT molecular complexity index is 1240. The summed E-state index contributed by atoms with van der Waals surface area (Å²) in [6, 6.07) is 11.3. The Kier molecular flexibility index (Phi) is 12.3. The standard InChI is InChI=1S/C27H29F9N2O6/c1-3-42-21(22(39)40)16-18-7-9-20(10-8-18)43-13-11-38(23(41)37-19-6-4-5-17(2)15-19)12-14-44-27(35,36)25(30,31)24(28,29)26(32,33)34/h4-10,15,21H,3,11-14,16H2,1-2H3,(H,37,41)(H,39,40). The zero-order valence-electron chi connectivity index (χ0n) is 23.3. The molecule has 1 atom stereocenters. The number of carbonyl (C=O) groups excluding carboxylic acids is 1. The fourth-order valence-electron chi connectivity index (χ4n) is 3.60. The van der Waals surface area contributed by atoms with Crippen molar-refractivity contribution < 1.29 is 68.4 Å². The van der Waals surface area contributed by atoms with E-state index in [1.807, 2.05) is 0 Å². The number of aryl methyl sites for hydroxylation is 1. The van der Waals surface area contributed by atoms with Crippen LogP contribution in [0.1, 0.15) is 18.1 Å². The minimum atomic E-state index is -7.12. The van der Waals surface area contributed by atoms with Crippen LogP contribution in [0.25, 0.3) is 0 Å². The number of carboxylic acids is 1. The van der Waals surface area contributed by atoms with E-state index in [0.717, 1.165) is 4.90 Å². The minimum Gasteiger partial charge on any atom is -0.492 e. The average molecular weight is 649 g/mol. The van der Waals surface area contributed by atoms with E-state index in [0.29, 0.717) is 11.1 Å². The molecule has 0 heterocycles. The van der Waals surface area contributed by atoms with Gasteiger partial charge in [0.25, 0.3) is 0 Å². The molecule has 44 heavy (non-hydrogen) atoms. The molecule has 2 amide bonds. The first-order chi connectivity index (χ1) is 20.3. The Balaban J connectivity index is 2.09. The number of rotatable bonds is 16. The molecule has 0 fully saturated rings. The van der Waals surface area contributed by atoms with Crippen LogP contribution in [0.5, 0.6) is 5.75 Å². The van der Waals surface area contributed by atoms with Crippen molar-refractivity contribution in [3.05, 3.63) is 59.7 Å². The van der Waals surface area contributed by atoms with Gasteiger partial charge in [0.05, 0.1) is 13.2 Å². The fraction of sp³-hybridized carbons (Fsp3) is 0.481. The Morgan fingerprint density at radius 3 is 2.07 bits per heavy atom. The van der Waals surface area contributed by atoms with Crippen LogP contribution >= 0.6 is 0 Å². The number of nitrogens with zero attached hydrogens (tertiary/aromatic N) is 1.